The Morgan fingerprint density at radius 3 is 2.50 bits per heavy atom. The molecule has 0 atom stereocenters. The molecule has 0 unspecified atom stereocenters. The van der Waals surface area contributed by atoms with Crippen LogP contribution in [0.25, 0.3) is 11.1 Å². The summed E-state index contributed by atoms with van der Waals surface area (Å²) >= 11 is 9.37. The van der Waals surface area contributed by atoms with E-state index >= 15 is 0 Å². The van der Waals surface area contributed by atoms with E-state index in [-0.39, 0.29) is 0 Å². The largest absolute Gasteiger partial charge is 0.497 e. The number of rotatable bonds is 2. The van der Waals surface area contributed by atoms with Crippen molar-refractivity contribution in [2.75, 3.05) is 7.11 Å². The lowest BCUT2D eigenvalue weighted by Gasteiger charge is -2.06. The lowest BCUT2D eigenvalue weighted by Crippen LogP contribution is -1.85. The normalized spacial score (nSPS) is 10.2. The van der Waals surface area contributed by atoms with Crippen LogP contribution in [0.3, 0.4) is 0 Å². The Bertz CT molecular complexity index is 499. The highest BCUT2D eigenvalue weighted by molar-refractivity contribution is 9.10. The van der Waals surface area contributed by atoms with Gasteiger partial charge in [0.15, 0.2) is 0 Å². The van der Waals surface area contributed by atoms with Gasteiger partial charge in [0, 0.05) is 11.8 Å². The summed E-state index contributed by atoms with van der Waals surface area (Å²) in [4.78, 5) is 3.99. The fourth-order valence-electron chi connectivity index (χ4n) is 1.41. The van der Waals surface area contributed by atoms with E-state index in [2.05, 4.69) is 20.9 Å². The lowest BCUT2D eigenvalue weighted by molar-refractivity contribution is 0.415. The van der Waals surface area contributed by atoms with Gasteiger partial charge in [0.2, 0.25) is 0 Å². The Labute approximate surface area is 107 Å². The van der Waals surface area contributed by atoms with Crippen LogP contribution in [0.5, 0.6) is 5.75 Å². The number of hydrogen-bond acceptors (Lipinski definition) is 2. The molecule has 82 valence electrons. The highest BCUT2D eigenvalue weighted by Crippen LogP contribution is 2.32. The molecule has 0 spiro atoms. The minimum atomic E-state index is 0.466. The average Bonchev–Trinajstić information content (AvgIpc) is 2.33. The number of halogens is 2. The zero-order chi connectivity index (χ0) is 11.5. The molecular formula is C12H9BrClNO. The third-order valence-corrected chi connectivity index (χ3v) is 3.57. The molecule has 0 radical (unpaired) electrons. The summed E-state index contributed by atoms with van der Waals surface area (Å²) in [5, 5.41) is 0.466. The summed E-state index contributed by atoms with van der Waals surface area (Å²) in [5.41, 5.74) is 2.08. The number of ether oxygens (including phenoxy) is 1. The van der Waals surface area contributed by atoms with Gasteiger partial charge in [-0.3, -0.25) is 0 Å². The number of benzene rings is 1. The maximum Gasteiger partial charge on any atom is 0.143 e. The smallest absolute Gasteiger partial charge is 0.143 e. The van der Waals surface area contributed by atoms with Gasteiger partial charge in [-0.1, -0.05) is 23.7 Å². The summed E-state index contributed by atoms with van der Waals surface area (Å²) in [5.74, 6) is 0.833. The monoisotopic (exact) mass is 297 g/mol. The molecular weight excluding hydrogens is 289 g/mol. The van der Waals surface area contributed by atoms with Crippen molar-refractivity contribution in [1.82, 2.24) is 4.98 Å². The Hall–Kier alpha value is -1.06. The predicted octanol–water partition coefficient (Wildman–Crippen LogP) is 4.17. The summed E-state index contributed by atoms with van der Waals surface area (Å²) in [6.07, 6.45) is 1.69. The first-order valence-electron chi connectivity index (χ1n) is 4.67. The van der Waals surface area contributed by atoms with Gasteiger partial charge in [-0.15, -0.1) is 0 Å². The van der Waals surface area contributed by atoms with Gasteiger partial charge in [-0.05, 0) is 39.7 Å². The van der Waals surface area contributed by atoms with Crippen LogP contribution >= 0.6 is 27.5 Å². The maximum absolute atomic E-state index is 5.94. The van der Waals surface area contributed by atoms with Gasteiger partial charge < -0.3 is 4.74 Å². The molecule has 0 bridgehead atoms. The molecule has 0 aliphatic rings. The van der Waals surface area contributed by atoms with E-state index in [1.165, 1.54) is 0 Å². The standard InChI is InChI=1S/C12H9BrClNO/c1-16-9-4-2-8(3-5-9)10-6-7-15-12(14)11(10)13/h2-7H,1H3. The van der Waals surface area contributed by atoms with Gasteiger partial charge in [-0.25, -0.2) is 4.98 Å². The molecule has 1 heterocycles. The van der Waals surface area contributed by atoms with E-state index in [0.717, 1.165) is 21.3 Å². The van der Waals surface area contributed by atoms with E-state index < -0.39 is 0 Å². The summed E-state index contributed by atoms with van der Waals surface area (Å²) in [6, 6.07) is 9.70. The van der Waals surface area contributed by atoms with Gasteiger partial charge in [0.25, 0.3) is 0 Å². The second kappa shape index (κ2) is 4.85. The third kappa shape index (κ3) is 2.20. The molecule has 0 N–H and O–H groups in total. The molecule has 0 amide bonds. The zero-order valence-corrected chi connectivity index (χ0v) is 10.9. The van der Waals surface area contributed by atoms with Crippen LogP contribution < -0.4 is 4.74 Å². The SMILES string of the molecule is COc1ccc(-c2ccnc(Cl)c2Br)cc1. The Kier molecular flexibility index (Phi) is 3.46. The zero-order valence-electron chi connectivity index (χ0n) is 8.58. The maximum atomic E-state index is 5.94. The lowest BCUT2D eigenvalue weighted by atomic mass is 10.1. The molecule has 0 aliphatic heterocycles. The molecule has 16 heavy (non-hydrogen) atoms. The number of nitrogens with zero attached hydrogens (tertiary/aromatic N) is 1. The van der Waals surface area contributed by atoms with Crippen LogP contribution in [0.1, 0.15) is 0 Å². The summed E-state index contributed by atoms with van der Waals surface area (Å²) in [6.45, 7) is 0. The van der Waals surface area contributed by atoms with Crippen LogP contribution in [0.2, 0.25) is 5.15 Å². The van der Waals surface area contributed by atoms with Crippen molar-refractivity contribution < 1.29 is 4.74 Å². The molecule has 4 heteroatoms. The number of pyridine rings is 1. The van der Waals surface area contributed by atoms with Crippen molar-refractivity contribution in [2.24, 2.45) is 0 Å². The third-order valence-electron chi connectivity index (χ3n) is 2.25. The van der Waals surface area contributed by atoms with E-state index in [9.17, 15) is 0 Å². The molecule has 1 aromatic carbocycles. The van der Waals surface area contributed by atoms with E-state index in [0.29, 0.717) is 5.15 Å². The van der Waals surface area contributed by atoms with Crippen molar-refractivity contribution in [3.05, 3.63) is 46.2 Å². The van der Waals surface area contributed by atoms with Gasteiger partial charge in [0.05, 0.1) is 11.6 Å². The molecule has 2 rings (SSSR count). The highest BCUT2D eigenvalue weighted by atomic mass is 79.9. The second-order valence-electron chi connectivity index (χ2n) is 3.19. The second-order valence-corrected chi connectivity index (χ2v) is 4.34. The fourth-order valence-corrected chi connectivity index (χ4v) is 2.03. The van der Waals surface area contributed by atoms with Gasteiger partial charge in [0.1, 0.15) is 10.9 Å². The minimum Gasteiger partial charge on any atom is -0.497 e. The predicted molar refractivity (Wildman–Crippen MR) is 68.9 cm³/mol. The Morgan fingerprint density at radius 2 is 1.88 bits per heavy atom. The molecule has 0 saturated carbocycles. The fraction of sp³-hybridized carbons (Fsp3) is 0.0833. The van der Waals surface area contributed by atoms with Crippen molar-refractivity contribution in [2.45, 2.75) is 0 Å². The molecule has 0 aliphatic carbocycles. The molecule has 1 aromatic heterocycles. The van der Waals surface area contributed by atoms with Crippen LogP contribution in [-0.2, 0) is 0 Å². The first-order valence-corrected chi connectivity index (χ1v) is 5.84. The van der Waals surface area contributed by atoms with Crippen molar-refractivity contribution in [1.29, 1.82) is 0 Å². The molecule has 2 aromatic rings. The summed E-state index contributed by atoms with van der Waals surface area (Å²) in [7, 11) is 1.65. The summed E-state index contributed by atoms with van der Waals surface area (Å²) < 4.78 is 5.92. The molecule has 0 fully saturated rings. The first kappa shape index (κ1) is 11.4. The number of methoxy groups -OCH3 is 1. The van der Waals surface area contributed by atoms with Crippen molar-refractivity contribution in [3.63, 3.8) is 0 Å². The van der Waals surface area contributed by atoms with Crippen LogP contribution in [0.15, 0.2) is 41.0 Å². The van der Waals surface area contributed by atoms with Crippen LogP contribution in [0, 0.1) is 0 Å². The van der Waals surface area contributed by atoms with Crippen molar-refractivity contribution >= 4 is 27.5 Å². The van der Waals surface area contributed by atoms with Gasteiger partial charge >= 0.3 is 0 Å². The van der Waals surface area contributed by atoms with Gasteiger partial charge in [-0.2, -0.15) is 0 Å². The molecule has 2 nitrogen and oxygen atoms in total. The first-order chi connectivity index (χ1) is 7.72. The van der Waals surface area contributed by atoms with E-state index in [1.807, 2.05) is 30.3 Å². The van der Waals surface area contributed by atoms with E-state index in [4.69, 9.17) is 16.3 Å². The number of hydrogen-bond donors (Lipinski definition) is 0. The van der Waals surface area contributed by atoms with Crippen LogP contribution in [0.4, 0.5) is 0 Å². The Balaban J connectivity index is 2.46. The highest BCUT2D eigenvalue weighted by Gasteiger charge is 2.06. The molecule has 0 saturated heterocycles. The van der Waals surface area contributed by atoms with Crippen molar-refractivity contribution in [3.8, 4) is 16.9 Å². The topological polar surface area (TPSA) is 22.1 Å². The quantitative estimate of drug-likeness (QED) is 0.776. The van der Waals surface area contributed by atoms with Crippen LogP contribution in [-0.4, -0.2) is 12.1 Å². The number of aromatic nitrogens is 1. The average molecular weight is 299 g/mol. The minimum absolute atomic E-state index is 0.466. The Morgan fingerprint density at radius 1 is 1.19 bits per heavy atom. The van der Waals surface area contributed by atoms with E-state index in [1.54, 1.807) is 13.3 Å².